The third kappa shape index (κ3) is 7.54. The Bertz CT molecular complexity index is 3990. The molecule has 4 nitrogen and oxygen atoms in total. The quantitative estimate of drug-likeness (QED) is 0.0908. The first-order valence-corrected chi connectivity index (χ1v) is 29.3. The third-order valence-corrected chi connectivity index (χ3v) is 21.2. The fourth-order valence-electron chi connectivity index (χ4n) is 12.3. The number of nitrogens with zero attached hydrogens (tertiary/aromatic N) is 4. The molecule has 0 saturated carbocycles. The van der Waals surface area contributed by atoms with Crippen molar-refractivity contribution in [3.63, 3.8) is 0 Å². The van der Waals surface area contributed by atoms with Crippen molar-refractivity contribution >= 4 is 90.2 Å². The molecule has 0 radical (unpaired) electrons. The van der Waals surface area contributed by atoms with E-state index in [2.05, 4.69) is 103 Å². The first-order chi connectivity index (χ1) is 36.1. The molecule has 0 aliphatic carbocycles. The van der Waals surface area contributed by atoms with E-state index in [4.69, 9.17) is 0 Å². The van der Waals surface area contributed by atoms with Crippen LogP contribution in [0.25, 0.3) is 54.3 Å². The van der Waals surface area contributed by atoms with E-state index in [1.54, 1.807) is 29.5 Å². The molecule has 12 rings (SSSR count). The summed E-state index contributed by atoms with van der Waals surface area (Å²) in [5, 5.41) is 1.94. The maximum Gasteiger partial charge on any atom is 0.553 e. The van der Waals surface area contributed by atoms with Crippen molar-refractivity contribution in [3.8, 4) is 20.9 Å². The van der Waals surface area contributed by atoms with Gasteiger partial charge in [-0.2, -0.15) is 48.6 Å². The number of aromatic nitrogens is 2. The predicted octanol–water partition coefficient (Wildman–Crippen LogP) is 16.9. The van der Waals surface area contributed by atoms with Crippen LogP contribution in [0.5, 0.6) is 0 Å². The zero-order chi connectivity index (χ0) is 56.3. The number of halogens is 9. The molecule has 6 aromatic rings. The van der Waals surface area contributed by atoms with Crippen molar-refractivity contribution < 1.29 is 48.7 Å². The maximum absolute atomic E-state index is 14.4. The molecule has 17 heteroatoms. The van der Waals surface area contributed by atoms with E-state index in [1.807, 2.05) is 18.2 Å². The normalized spacial score (nSPS) is 19.3. The Balaban J connectivity index is 1.18. The van der Waals surface area contributed by atoms with Crippen molar-refractivity contribution in [2.45, 2.75) is 140 Å². The van der Waals surface area contributed by atoms with E-state index < -0.39 is 40.7 Å². The van der Waals surface area contributed by atoms with Crippen molar-refractivity contribution in [2.75, 3.05) is 0 Å². The summed E-state index contributed by atoms with van der Waals surface area (Å²) < 4.78 is 140. The molecule has 6 aromatic heterocycles. The number of rotatable bonds is 11. The van der Waals surface area contributed by atoms with E-state index in [0.29, 0.717) is 14.6 Å². The van der Waals surface area contributed by atoms with E-state index in [0.717, 1.165) is 115 Å². The number of allylic oxidation sites excluding steroid dienone is 6. The molecule has 78 heavy (non-hydrogen) atoms. The van der Waals surface area contributed by atoms with Gasteiger partial charge >= 0.3 is 24.4 Å². The first-order valence-electron chi connectivity index (χ1n) is 26.0. The van der Waals surface area contributed by atoms with Crippen LogP contribution in [0.2, 0.25) is 0 Å². The minimum absolute atomic E-state index is 0.0315. The molecule has 0 aromatic carbocycles. The Morgan fingerprint density at radius 1 is 0.474 bits per heavy atom. The Morgan fingerprint density at radius 3 is 1.44 bits per heavy atom. The van der Waals surface area contributed by atoms with E-state index in [1.165, 1.54) is 80.4 Å². The topological polar surface area (TPSA) is 15.9 Å². The molecule has 0 N–H and O–H groups in total. The fourth-order valence-corrected chi connectivity index (χ4v) is 17.4. The van der Waals surface area contributed by atoms with Gasteiger partial charge in [-0.05, 0) is 119 Å². The van der Waals surface area contributed by atoms with Crippen LogP contribution >= 0.6 is 45.3 Å². The zero-order valence-corrected chi connectivity index (χ0v) is 48.8. The average Bonchev–Trinajstić information content (AvgIpc) is 3.36. The molecule has 1 spiro atoms. The lowest BCUT2D eigenvalue weighted by molar-refractivity contribution is -0.834. The molecule has 6 aliphatic rings. The van der Waals surface area contributed by atoms with Crippen LogP contribution in [0, 0.1) is 21.7 Å². The second-order valence-corrected chi connectivity index (χ2v) is 29.8. The van der Waals surface area contributed by atoms with Gasteiger partial charge in [0, 0.05) is 84.6 Å². The zero-order valence-electron chi connectivity index (χ0n) is 45.6. The van der Waals surface area contributed by atoms with E-state index in [9.17, 15) is 39.5 Å². The van der Waals surface area contributed by atoms with Crippen molar-refractivity contribution in [1.82, 2.24) is 9.13 Å². The van der Waals surface area contributed by atoms with Gasteiger partial charge in [-0.15, -0.1) is 45.3 Å². The number of hydrogen-bond acceptors (Lipinski definition) is 4. The lowest BCUT2D eigenvalue weighted by atomic mass is 9.88. The van der Waals surface area contributed by atoms with Gasteiger partial charge in [0.25, 0.3) is 0 Å². The van der Waals surface area contributed by atoms with Crippen molar-refractivity contribution in [2.24, 2.45) is 21.7 Å². The van der Waals surface area contributed by atoms with Gasteiger partial charge in [-0.25, -0.2) is 0 Å². The van der Waals surface area contributed by atoms with Crippen molar-refractivity contribution in [1.29, 1.82) is 0 Å². The minimum atomic E-state index is -4.43. The van der Waals surface area contributed by atoms with Crippen LogP contribution in [-0.2, 0) is 31.6 Å². The molecular weight excluding hydrogens is 1090 g/mol. The summed E-state index contributed by atoms with van der Waals surface area (Å²) in [5.74, 6) is -1.28. The lowest BCUT2D eigenvalue weighted by Crippen LogP contribution is -2.71. The maximum atomic E-state index is 14.4. The largest absolute Gasteiger partial charge is 0.553 e. The molecule has 1 atom stereocenters. The molecule has 12 heterocycles. The van der Waals surface area contributed by atoms with Crippen molar-refractivity contribution in [3.05, 3.63) is 136 Å². The molecule has 1 unspecified atom stereocenters. The number of hydrogen-bond donors (Lipinski definition) is 0. The van der Waals surface area contributed by atoms with E-state index in [-0.39, 0.29) is 24.7 Å². The Labute approximate surface area is 463 Å². The monoisotopic (exact) mass is 1150 g/mol. The highest BCUT2D eigenvalue weighted by Crippen LogP contribution is 2.58. The second-order valence-electron chi connectivity index (χ2n) is 25.1. The molecule has 0 fully saturated rings. The second kappa shape index (κ2) is 16.7. The molecule has 0 saturated heterocycles. The summed E-state index contributed by atoms with van der Waals surface area (Å²) in [6.07, 6.45) is -8.64. The Morgan fingerprint density at radius 2 is 0.936 bits per heavy atom. The number of thiophene rings is 4. The predicted molar refractivity (Wildman–Crippen MR) is 300 cm³/mol. The van der Waals surface area contributed by atoms with Crippen LogP contribution in [-0.4, -0.2) is 48.2 Å². The smallest absolute Gasteiger partial charge is 0.198 e. The van der Waals surface area contributed by atoms with Crippen LogP contribution in [0.3, 0.4) is 0 Å². The highest BCUT2D eigenvalue weighted by molar-refractivity contribution is 7.16. The molecule has 0 bridgehead atoms. The first kappa shape index (κ1) is 53.4. The summed E-state index contributed by atoms with van der Waals surface area (Å²) in [7, 11) is 0. The molecular formula is C61H59F9N4S4+2. The third-order valence-electron chi connectivity index (χ3n) is 16.7. The molecule has 408 valence electrons. The van der Waals surface area contributed by atoms with E-state index >= 15 is 0 Å². The fraction of sp³-hybridized carbons (Fsp3) is 0.410. The summed E-state index contributed by atoms with van der Waals surface area (Å²) in [5.41, 5.74) is 6.82. The SMILES string of the molecule is CC1=C2C(c3ccc(CC(C)(C)C(F)(F)F)s3)=CC3=[N+]2C24n5c1cc(-c1ccc(CC(C)(C)C(F)(F)F)s1)c5C(C)=C1C=C(c5ccc(CC(C)(C)C(F)(F)F)s5)C(=[N+]12)C(C)=c1cc(-c2ccc(CC(C)(C)C)s2)c(n14)=C3C. The van der Waals surface area contributed by atoms with Gasteiger partial charge in [0.05, 0.1) is 49.5 Å². The highest BCUT2D eigenvalue weighted by Gasteiger charge is 2.74. The van der Waals surface area contributed by atoms with Crippen LogP contribution < -0.4 is 10.7 Å². The van der Waals surface area contributed by atoms with Gasteiger partial charge in [0.2, 0.25) is 22.8 Å². The number of alkyl halides is 9. The summed E-state index contributed by atoms with van der Waals surface area (Å²) in [6, 6.07) is 20.1. The van der Waals surface area contributed by atoms with Crippen LogP contribution in [0.4, 0.5) is 39.5 Å². The summed E-state index contributed by atoms with van der Waals surface area (Å²) in [4.78, 5) is 6.56. The lowest BCUT2D eigenvalue weighted by Gasteiger charge is -2.40. The van der Waals surface area contributed by atoms with Crippen LogP contribution in [0.15, 0.2) is 84.2 Å². The Kier molecular flexibility index (Phi) is 11.4. The van der Waals surface area contributed by atoms with Gasteiger partial charge < -0.3 is 0 Å². The van der Waals surface area contributed by atoms with Gasteiger partial charge in [0.15, 0.2) is 0 Å². The van der Waals surface area contributed by atoms with Gasteiger partial charge in [-0.3, -0.25) is 0 Å². The van der Waals surface area contributed by atoms with Crippen LogP contribution in [0.1, 0.15) is 131 Å². The molecule has 6 aliphatic heterocycles. The van der Waals surface area contributed by atoms with Gasteiger partial charge in [0.1, 0.15) is 0 Å². The Hall–Kier alpha value is -5.23. The summed E-state index contributed by atoms with van der Waals surface area (Å²) in [6.45, 7) is 22.5. The summed E-state index contributed by atoms with van der Waals surface area (Å²) >= 11 is 5.83. The standard InChI is InChI=1S/C61H59F9N4S4/c1-30-43-23-39(47-19-15-35(76-47)27-55(8,9)58(62,63)64)52-32(3)45-25-41(49-21-17-37(78-49)29-57(12,13)60(68,69)70)53-33(4)44-24-40(48-20-16-36(77-48)28-56(10,11)59(65,66)67)51-31(2)42-22-38(46-18-14-34(75-46)26-54(5,6)7)50(30)71(42)61(72(43)52,73(44)51)74(45)53/h14-25H,26-29H2,1-13H3/q+2. The minimum Gasteiger partial charge on any atom is -0.198 e. The highest BCUT2D eigenvalue weighted by atomic mass is 32.1. The average molecular weight is 1150 g/mol. The van der Waals surface area contributed by atoms with Gasteiger partial charge in [-0.1, -0.05) is 71.5 Å². The molecule has 0 amide bonds.